The summed E-state index contributed by atoms with van der Waals surface area (Å²) >= 11 is 1.76. The molecular formula is C20H25N3S. The molecule has 24 heavy (non-hydrogen) atoms. The highest BCUT2D eigenvalue weighted by Crippen LogP contribution is 2.33. The number of fused-ring (bicyclic) bond motifs is 1. The Morgan fingerprint density at radius 2 is 1.92 bits per heavy atom. The average molecular weight is 340 g/mol. The van der Waals surface area contributed by atoms with E-state index in [9.17, 15) is 0 Å². The van der Waals surface area contributed by atoms with E-state index in [-0.39, 0.29) is 0 Å². The van der Waals surface area contributed by atoms with Gasteiger partial charge in [0, 0.05) is 35.6 Å². The molecule has 3 nitrogen and oxygen atoms in total. The molecule has 4 heteroatoms. The zero-order chi connectivity index (χ0) is 16.5. The molecule has 0 bridgehead atoms. The molecule has 2 heterocycles. The molecule has 126 valence electrons. The summed E-state index contributed by atoms with van der Waals surface area (Å²) in [5.41, 5.74) is 12.1. The first-order chi connectivity index (χ1) is 11.7. The topological polar surface area (TPSA) is 42.1 Å². The summed E-state index contributed by atoms with van der Waals surface area (Å²) in [5.74, 6) is 0.473. The summed E-state index contributed by atoms with van der Waals surface area (Å²) < 4.78 is 0. The second kappa shape index (κ2) is 6.60. The summed E-state index contributed by atoms with van der Waals surface area (Å²) in [4.78, 5) is 7.31. The third kappa shape index (κ3) is 3.07. The molecule has 1 aliphatic heterocycles. The molecule has 2 aromatic rings. The molecule has 4 rings (SSSR count). The Hall–Kier alpha value is -1.81. The first-order valence-corrected chi connectivity index (χ1v) is 9.85. The van der Waals surface area contributed by atoms with Crippen molar-refractivity contribution in [3.05, 3.63) is 47.0 Å². The second-order valence-electron chi connectivity index (χ2n) is 7.04. The number of hydrogen-bond acceptors (Lipinski definition) is 4. The number of nitrogens with two attached hydrogens (primary N) is 1. The number of hydrogen-bond donors (Lipinski definition) is 1. The molecule has 0 spiro atoms. The van der Waals surface area contributed by atoms with E-state index >= 15 is 0 Å². The molecule has 0 unspecified atom stereocenters. The maximum Gasteiger partial charge on any atom is 0.185 e. The van der Waals surface area contributed by atoms with Crippen molar-refractivity contribution in [1.29, 1.82) is 0 Å². The molecule has 1 aromatic carbocycles. The van der Waals surface area contributed by atoms with E-state index in [4.69, 9.17) is 10.7 Å². The van der Waals surface area contributed by atoms with Crippen molar-refractivity contribution in [3.63, 3.8) is 0 Å². The number of nitrogens with zero attached hydrogens (tertiary/aromatic N) is 2. The van der Waals surface area contributed by atoms with Gasteiger partial charge < -0.3 is 10.6 Å². The van der Waals surface area contributed by atoms with E-state index in [0.29, 0.717) is 5.92 Å². The minimum atomic E-state index is 0.473. The van der Waals surface area contributed by atoms with Gasteiger partial charge in [0.15, 0.2) is 5.13 Å². The van der Waals surface area contributed by atoms with Crippen LogP contribution in [0, 0.1) is 5.92 Å². The van der Waals surface area contributed by atoms with Crippen LogP contribution in [0.1, 0.15) is 36.8 Å². The Morgan fingerprint density at radius 3 is 2.67 bits per heavy atom. The zero-order valence-corrected chi connectivity index (χ0v) is 14.9. The molecule has 1 aliphatic carbocycles. The molecule has 0 radical (unpaired) electrons. The van der Waals surface area contributed by atoms with Gasteiger partial charge in [0.25, 0.3) is 0 Å². The van der Waals surface area contributed by atoms with Crippen LogP contribution in [0.5, 0.6) is 0 Å². The third-order valence-corrected chi connectivity index (χ3v) is 6.33. The van der Waals surface area contributed by atoms with Crippen LogP contribution in [0.4, 0.5) is 5.13 Å². The van der Waals surface area contributed by atoms with Gasteiger partial charge in [-0.25, -0.2) is 4.98 Å². The maximum atomic E-state index is 5.86. The Morgan fingerprint density at radius 1 is 1.17 bits per heavy atom. The van der Waals surface area contributed by atoms with Gasteiger partial charge in [0.2, 0.25) is 0 Å². The van der Waals surface area contributed by atoms with Crippen LogP contribution in [0.2, 0.25) is 0 Å². The number of aromatic nitrogens is 1. The average Bonchev–Trinajstić information content (AvgIpc) is 3.11. The van der Waals surface area contributed by atoms with E-state index in [1.54, 1.807) is 11.3 Å². The Kier molecular flexibility index (Phi) is 4.31. The van der Waals surface area contributed by atoms with Crippen molar-refractivity contribution in [2.45, 2.75) is 38.5 Å². The first-order valence-electron chi connectivity index (χ1n) is 8.97. The van der Waals surface area contributed by atoms with Gasteiger partial charge in [0.1, 0.15) is 0 Å². The number of aryl methyl sites for hydroxylation is 2. The SMILES string of the molecule is C=C(N)C1CCN(c2nc(-c3ccc4c(c3)CCCC4)cs2)CC1. The molecule has 1 saturated heterocycles. The predicted molar refractivity (Wildman–Crippen MR) is 102 cm³/mol. The minimum Gasteiger partial charge on any atom is -0.402 e. The smallest absolute Gasteiger partial charge is 0.185 e. The number of rotatable bonds is 3. The van der Waals surface area contributed by atoms with E-state index in [1.165, 1.54) is 42.4 Å². The van der Waals surface area contributed by atoms with Crippen molar-refractivity contribution in [2.24, 2.45) is 11.7 Å². The van der Waals surface area contributed by atoms with Crippen LogP contribution < -0.4 is 10.6 Å². The number of piperidine rings is 1. The van der Waals surface area contributed by atoms with Gasteiger partial charge in [-0.3, -0.25) is 0 Å². The highest BCUT2D eigenvalue weighted by molar-refractivity contribution is 7.14. The summed E-state index contributed by atoms with van der Waals surface area (Å²) in [7, 11) is 0. The van der Waals surface area contributed by atoms with Crippen LogP contribution in [-0.2, 0) is 12.8 Å². The number of thiazole rings is 1. The summed E-state index contributed by atoms with van der Waals surface area (Å²) in [6.45, 7) is 5.95. The standard InChI is InChI=1S/C20H25N3S/c1-14(21)15-8-10-23(11-9-15)20-22-19(13-24-20)18-7-6-16-4-2-3-5-17(16)12-18/h6-7,12-13,15H,1-5,8-11,21H2. The van der Waals surface area contributed by atoms with Gasteiger partial charge in [-0.2, -0.15) is 0 Å². The molecule has 2 N–H and O–H groups in total. The molecule has 2 aliphatic rings. The largest absolute Gasteiger partial charge is 0.402 e. The van der Waals surface area contributed by atoms with Crippen molar-refractivity contribution >= 4 is 16.5 Å². The predicted octanol–water partition coefficient (Wildman–Crippen LogP) is 4.38. The first kappa shape index (κ1) is 15.7. The highest BCUT2D eigenvalue weighted by Gasteiger charge is 2.22. The fourth-order valence-corrected chi connectivity index (χ4v) is 4.76. The summed E-state index contributed by atoms with van der Waals surface area (Å²) in [5, 5.41) is 3.34. The van der Waals surface area contributed by atoms with Crippen molar-refractivity contribution in [1.82, 2.24) is 4.98 Å². The molecule has 0 amide bonds. The lowest BCUT2D eigenvalue weighted by Gasteiger charge is -2.31. The number of anilines is 1. The van der Waals surface area contributed by atoms with Crippen molar-refractivity contribution in [2.75, 3.05) is 18.0 Å². The van der Waals surface area contributed by atoms with Crippen LogP contribution in [-0.4, -0.2) is 18.1 Å². The highest BCUT2D eigenvalue weighted by atomic mass is 32.1. The normalized spacial score (nSPS) is 18.4. The monoisotopic (exact) mass is 339 g/mol. The van der Waals surface area contributed by atoms with Crippen molar-refractivity contribution < 1.29 is 0 Å². The van der Waals surface area contributed by atoms with E-state index in [0.717, 1.165) is 42.5 Å². The van der Waals surface area contributed by atoms with E-state index < -0.39 is 0 Å². The summed E-state index contributed by atoms with van der Waals surface area (Å²) in [6.07, 6.45) is 7.28. The molecule has 1 fully saturated rings. The Bertz CT molecular complexity index is 741. The molecule has 0 saturated carbocycles. The van der Waals surface area contributed by atoms with Gasteiger partial charge in [-0.1, -0.05) is 18.7 Å². The zero-order valence-electron chi connectivity index (χ0n) is 14.1. The lowest BCUT2D eigenvalue weighted by molar-refractivity contribution is 0.456. The van der Waals surface area contributed by atoms with Crippen LogP contribution >= 0.6 is 11.3 Å². The van der Waals surface area contributed by atoms with Crippen LogP contribution in [0.15, 0.2) is 35.9 Å². The molecular weight excluding hydrogens is 314 g/mol. The quantitative estimate of drug-likeness (QED) is 0.902. The molecule has 0 atom stereocenters. The van der Waals surface area contributed by atoms with E-state index in [1.807, 2.05) is 0 Å². The lowest BCUT2D eigenvalue weighted by atomic mass is 9.90. The van der Waals surface area contributed by atoms with Crippen LogP contribution in [0.3, 0.4) is 0 Å². The Labute approximate surface area is 148 Å². The molecule has 1 aromatic heterocycles. The lowest BCUT2D eigenvalue weighted by Crippen LogP contribution is -2.35. The number of benzene rings is 1. The van der Waals surface area contributed by atoms with Gasteiger partial charge >= 0.3 is 0 Å². The van der Waals surface area contributed by atoms with Gasteiger partial charge in [-0.05, 0) is 55.7 Å². The summed E-state index contributed by atoms with van der Waals surface area (Å²) in [6, 6.07) is 6.91. The maximum absolute atomic E-state index is 5.86. The second-order valence-corrected chi connectivity index (χ2v) is 7.88. The minimum absolute atomic E-state index is 0.473. The number of allylic oxidation sites excluding steroid dienone is 1. The van der Waals surface area contributed by atoms with Gasteiger partial charge in [-0.15, -0.1) is 11.3 Å². The Balaban J connectivity index is 1.50. The van der Waals surface area contributed by atoms with E-state index in [2.05, 4.69) is 35.1 Å². The van der Waals surface area contributed by atoms with Crippen molar-refractivity contribution in [3.8, 4) is 11.3 Å². The van der Waals surface area contributed by atoms with Gasteiger partial charge in [0.05, 0.1) is 5.69 Å². The fourth-order valence-electron chi connectivity index (χ4n) is 3.88. The third-order valence-electron chi connectivity index (χ3n) is 5.43. The van der Waals surface area contributed by atoms with Crippen LogP contribution in [0.25, 0.3) is 11.3 Å². The fraction of sp³-hybridized carbons (Fsp3) is 0.450.